The number of rotatable bonds is 2. The number of halogens is 1. The standard InChI is InChI=1S/C15H17FN2O3/c16-12-3-1-2-11(10-12)14(19)17-6-4-13(5-7-17)18-8-9-21-15(18)20/h1-3,10,13H,4-9H2. The summed E-state index contributed by atoms with van der Waals surface area (Å²) >= 11 is 0. The highest BCUT2D eigenvalue weighted by atomic mass is 19.1. The molecule has 6 heteroatoms. The van der Waals surface area contributed by atoms with Crippen molar-refractivity contribution in [3.05, 3.63) is 35.6 Å². The van der Waals surface area contributed by atoms with Crippen molar-refractivity contribution in [3.8, 4) is 0 Å². The van der Waals surface area contributed by atoms with E-state index in [-0.39, 0.29) is 18.0 Å². The van der Waals surface area contributed by atoms with Crippen molar-refractivity contribution < 1.29 is 18.7 Å². The zero-order chi connectivity index (χ0) is 14.8. The van der Waals surface area contributed by atoms with Crippen LogP contribution >= 0.6 is 0 Å². The molecule has 21 heavy (non-hydrogen) atoms. The van der Waals surface area contributed by atoms with Crippen molar-refractivity contribution in [1.82, 2.24) is 9.80 Å². The fraction of sp³-hybridized carbons (Fsp3) is 0.467. The molecule has 0 saturated carbocycles. The van der Waals surface area contributed by atoms with E-state index >= 15 is 0 Å². The third kappa shape index (κ3) is 2.84. The predicted molar refractivity (Wildman–Crippen MR) is 73.4 cm³/mol. The van der Waals surface area contributed by atoms with Crippen LogP contribution in [0, 0.1) is 5.82 Å². The lowest BCUT2D eigenvalue weighted by atomic mass is 10.0. The second-order valence-electron chi connectivity index (χ2n) is 5.34. The summed E-state index contributed by atoms with van der Waals surface area (Å²) in [5.41, 5.74) is 0.369. The summed E-state index contributed by atoms with van der Waals surface area (Å²) in [6, 6.07) is 5.87. The van der Waals surface area contributed by atoms with Crippen molar-refractivity contribution in [3.63, 3.8) is 0 Å². The van der Waals surface area contributed by atoms with Crippen LogP contribution in [0.2, 0.25) is 0 Å². The van der Waals surface area contributed by atoms with Crippen LogP contribution in [0.15, 0.2) is 24.3 Å². The van der Waals surface area contributed by atoms with Gasteiger partial charge in [0, 0.05) is 24.7 Å². The van der Waals surface area contributed by atoms with Gasteiger partial charge in [-0.2, -0.15) is 0 Å². The normalized spacial score (nSPS) is 19.8. The lowest BCUT2D eigenvalue weighted by Gasteiger charge is -2.35. The van der Waals surface area contributed by atoms with E-state index < -0.39 is 5.82 Å². The van der Waals surface area contributed by atoms with Crippen molar-refractivity contribution in [2.24, 2.45) is 0 Å². The van der Waals surface area contributed by atoms with Crippen LogP contribution in [0.1, 0.15) is 23.2 Å². The van der Waals surface area contributed by atoms with Crippen LogP contribution in [0.25, 0.3) is 0 Å². The van der Waals surface area contributed by atoms with E-state index in [2.05, 4.69) is 0 Å². The number of nitrogens with zero attached hydrogens (tertiary/aromatic N) is 2. The van der Waals surface area contributed by atoms with E-state index in [0.29, 0.717) is 31.8 Å². The minimum absolute atomic E-state index is 0.136. The number of hydrogen-bond donors (Lipinski definition) is 0. The summed E-state index contributed by atoms with van der Waals surface area (Å²) in [4.78, 5) is 27.3. The molecule has 2 amide bonds. The number of likely N-dealkylation sites (tertiary alicyclic amines) is 1. The molecule has 2 heterocycles. The summed E-state index contributed by atoms with van der Waals surface area (Å²) in [6.07, 6.45) is 1.21. The highest BCUT2D eigenvalue weighted by Gasteiger charge is 2.33. The third-order valence-electron chi connectivity index (χ3n) is 4.06. The average Bonchev–Trinajstić information content (AvgIpc) is 2.93. The first-order valence-electron chi connectivity index (χ1n) is 7.13. The Balaban J connectivity index is 1.60. The van der Waals surface area contributed by atoms with Gasteiger partial charge in [-0.25, -0.2) is 9.18 Å². The highest BCUT2D eigenvalue weighted by molar-refractivity contribution is 5.94. The first-order valence-corrected chi connectivity index (χ1v) is 7.13. The van der Waals surface area contributed by atoms with Gasteiger partial charge in [-0.05, 0) is 31.0 Å². The maximum Gasteiger partial charge on any atom is 0.410 e. The minimum Gasteiger partial charge on any atom is -0.448 e. The Morgan fingerprint density at radius 1 is 1.24 bits per heavy atom. The van der Waals surface area contributed by atoms with Crippen LogP contribution in [0.4, 0.5) is 9.18 Å². The quantitative estimate of drug-likeness (QED) is 0.836. The molecule has 0 aliphatic carbocycles. The molecule has 2 aliphatic heterocycles. The van der Waals surface area contributed by atoms with E-state index in [4.69, 9.17) is 4.74 Å². The number of benzene rings is 1. The molecule has 1 aromatic carbocycles. The van der Waals surface area contributed by atoms with Crippen LogP contribution in [0.3, 0.4) is 0 Å². The molecule has 0 radical (unpaired) electrons. The van der Waals surface area contributed by atoms with Crippen LogP contribution < -0.4 is 0 Å². The Morgan fingerprint density at radius 2 is 2.00 bits per heavy atom. The molecule has 5 nitrogen and oxygen atoms in total. The van der Waals surface area contributed by atoms with Crippen molar-refractivity contribution in [2.75, 3.05) is 26.2 Å². The van der Waals surface area contributed by atoms with Gasteiger partial charge in [-0.15, -0.1) is 0 Å². The van der Waals surface area contributed by atoms with Gasteiger partial charge >= 0.3 is 6.09 Å². The third-order valence-corrected chi connectivity index (χ3v) is 4.06. The average molecular weight is 292 g/mol. The van der Waals surface area contributed by atoms with Crippen LogP contribution in [0.5, 0.6) is 0 Å². The van der Waals surface area contributed by atoms with Crippen molar-refractivity contribution >= 4 is 12.0 Å². The van der Waals surface area contributed by atoms with Gasteiger partial charge in [0.1, 0.15) is 12.4 Å². The van der Waals surface area contributed by atoms with Gasteiger partial charge in [-0.1, -0.05) is 6.07 Å². The Labute approximate surface area is 122 Å². The molecule has 1 aromatic rings. The first kappa shape index (κ1) is 13.9. The second-order valence-corrected chi connectivity index (χ2v) is 5.34. The van der Waals surface area contributed by atoms with Crippen LogP contribution in [-0.4, -0.2) is 54.1 Å². The molecule has 0 atom stereocenters. The van der Waals surface area contributed by atoms with Gasteiger partial charge in [-0.3, -0.25) is 4.79 Å². The molecule has 3 rings (SSSR count). The molecule has 0 spiro atoms. The molecule has 0 aromatic heterocycles. The SMILES string of the molecule is O=C(c1cccc(F)c1)N1CCC(N2CCOC2=O)CC1. The number of carbonyl (C=O) groups excluding carboxylic acids is 2. The number of hydrogen-bond acceptors (Lipinski definition) is 3. The summed E-state index contributed by atoms with van der Waals surface area (Å²) in [6.45, 7) is 2.22. The zero-order valence-electron chi connectivity index (χ0n) is 11.6. The van der Waals surface area contributed by atoms with Crippen LogP contribution in [-0.2, 0) is 4.74 Å². The van der Waals surface area contributed by atoms with E-state index in [0.717, 1.165) is 12.8 Å². The zero-order valence-corrected chi connectivity index (χ0v) is 11.6. The Hall–Kier alpha value is -2.11. The first-order chi connectivity index (χ1) is 10.1. The molecule has 2 fully saturated rings. The molecular formula is C15H17FN2O3. The molecule has 2 saturated heterocycles. The predicted octanol–water partition coefficient (Wildman–Crippen LogP) is 1.88. The number of ether oxygens (including phenoxy) is 1. The summed E-state index contributed by atoms with van der Waals surface area (Å²) in [5, 5.41) is 0. The topological polar surface area (TPSA) is 49.9 Å². The lowest BCUT2D eigenvalue weighted by molar-refractivity contribution is 0.0658. The van der Waals surface area contributed by atoms with Crippen molar-refractivity contribution in [1.29, 1.82) is 0 Å². The summed E-state index contributed by atoms with van der Waals surface area (Å²) in [5.74, 6) is -0.563. The van der Waals surface area contributed by atoms with Gasteiger partial charge in [0.25, 0.3) is 5.91 Å². The Bertz CT molecular complexity index is 556. The summed E-state index contributed by atoms with van der Waals surface area (Å²) in [7, 11) is 0. The summed E-state index contributed by atoms with van der Waals surface area (Å²) < 4.78 is 18.1. The van der Waals surface area contributed by atoms with E-state index in [1.165, 1.54) is 18.2 Å². The molecule has 2 aliphatic rings. The fourth-order valence-corrected chi connectivity index (χ4v) is 2.92. The molecule has 0 unspecified atom stereocenters. The van der Waals surface area contributed by atoms with E-state index in [9.17, 15) is 14.0 Å². The van der Waals surface area contributed by atoms with Gasteiger partial charge in [0.05, 0.1) is 6.54 Å². The van der Waals surface area contributed by atoms with Gasteiger partial charge in [0.2, 0.25) is 0 Å². The minimum atomic E-state index is -0.407. The molecule has 112 valence electrons. The fourth-order valence-electron chi connectivity index (χ4n) is 2.92. The van der Waals surface area contributed by atoms with Crippen molar-refractivity contribution in [2.45, 2.75) is 18.9 Å². The Morgan fingerprint density at radius 3 is 2.62 bits per heavy atom. The maximum absolute atomic E-state index is 13.2. The molecule has 0 N–H and O–H groups in total. The monoisotopic (exact) mass is 292 g/mol. The van der Waals surface area contributed by atoms with E-state index in [1.54, 1.807) is 15.9 Å². The number of amides is 2. The number of carbonyl (C=O) groups is 2. The number of cyclic esters (lactones) is 1. The second kappa shape index (κ2) is 5.71. The molecule has 0 bridgehead atoms. The van der Waals surface area contributed by atoms with Gasteiger partial charge < -0.3 is 14.5 Å². The lowest BCUT2D eigenvalue weighted by Crippen LogP contribution is -2.47. The molecular weight excluding hydrogens is 275 g/mol. The maximum atomic E-state index is 13.2. The Kier molecular flexibility index (Phi) is 3.77. The number of piperidine rings is 1. The van der Waals surface area contributed by atoms with Gasteiger partial charge in [0.15, 0.2) is 0 Å². The van der Waals surface area contributed by atoms with E-state index in [1.807, 2.05) is 0 Å². The largest absolute Gasteiger partial charge is 0.448 e. The highest BCUT2D eigenvalue weighted by Crippen LogP contribution is 2.21. The smallest absolute Gasteiger partial charge is 0.410 e.